The first-order valence-electron chi connectivity index (χ1n) is 6.64. The Morgan fingerprint density at radius 3 is 2.71 bits per heavy atom. The fourth-order valence-electron chi connectivity index (χ4n) is 2.25. The van der Waals surface area contributed by atoms with Crippen molar-refractivity contribution in [1.29, 1.82) is 0 Å². The third-order valence-corrected chi connectivity index (χ3v) is 4.46. The summed E-state index contributed by atoms with van der Waals surface area (Å²) in [5.41, 5.74) is 1.35. The summed E-state index contributed by atoms with van der Waals surface area (Å²) in [6, 6.07) is 9.76. The zero-order valence-electron chi connectivity index (χ0n) is 11.5. The first kappa shape index (κ1) is 16.6. The van der Waals surface area contributed by atoms with Crippen molar-refractivity contribution in [2.75, 3.05) is 6.54 Å². The molecule has 0 saturated heterocycles. The third-order valence-electron chi connectivity index (χ3n) is 3.24. The maximum atomic E-state index is 13.9. The summed E-state index contributed by atoms with van der Waals surface area (Å²) in [7, 11) is 0. The van der Waals surface area contributed by atoms with E-state index in [0.29, 0.717) is 17.0 Å². The molecule has 2 rings (SSSR count). The quantitative estimate of drug-likeness (QED) is 0.661. The summed E-state index contributed by atoms with van der Waals surface area (Å²) in [6.07, 6.45) is 0.369. The van der Waals surface area contributed by atoms with Crippen molar-refractivity contribution in [1.82, 2.24) is 5.32 Å². The van der Waals surface area contributed by atoms with Crippen molar-refractivity contribution in [3.8, 4) is 0 Å². The fourth-order valence-corrected chi connectivity index (χ4v) is 3.14. The predicted molar refractivity (Wildman–Crippen MR) is 90.6 cm³/mol. The monoisotopic (exact) mass is 421 g/mol. The molecular formula is C16H15ClF2IN. The lowest BCUT2D eigenvalue weighted by atomic mass is 9.98. The van der Waals surface area contributed by atoms with E-state index in [4.69, 9.17) is 11.6 Å². The molecule has 0 aliphatic heterocycles. The van der Waals surface area contributed by atoms with Crippen molar-refractivity contribution in [3.05, 3.63) is 67.8 Å². The average Bonchev–Trinajstić information content (AvgIpc) is 2.46. The molecule has 0 fully saturated rings. The summed E-state index contributed by atoms with van der Waals surface area (Å²) >= 11 is 8.28. The van der Waals surface area contributed by atoms with Crippen LogP contribution in [0.1, 0.15) is 24.1 Å². The van der Waals surface area contributed by atoms with Crippen LogP contribution in [-0.2, 0) is 6.42 Å². The number of rotatable bonds is 5. The van der Waals surface area contributed by atoms with Crippen LogP contribution < -0.4 is 5.32 Å². The zero-order chi connectivity index (χ0) is 15.4. The lowest BCUT2D eigenvalue weighted by Crippen LogP contribution is -2.24. The van der Waals surface area contributed by atoms with Gasteiger partial charge in [-0.2, -0.15) is 0 Å². The van der Waals surface area contributed by atoms with Crippen LogP contribution in [0, 0.1) is 15.2 Å². The molecule has 0 aliphatic carbocycles. The Morgan fingerprint density at radius 1 is 1.24 bits per heavy atom. The molecule has 0 radical (unpaired) electrons. The highest BCUT2D eigenvalue weighted by Crippen LogP contribution is 2.27. The standard InChI is InChI=1S/C16H15ClF2IN/c1-2-21-15(12-9-11(17)6-7-14(12)20)8-10-4-3-5-13(18)16(10)19/h3-7,9,15,21H,2,8H2,1H3. The number of nitrogens with one attached hydrogen (secondary N) is 1. The van der Waals surface area contributed by atoms with E-state index >= 15 is 0 Å². The second-order valence-electron chi connectivity index (χ2n) is 4.69. The van der Waals surface area contributed by atoms with Gasteiger partial charge in [0, 0.05) is 14.6 Å². The molecule has 0 spiro atoms. The van der Waals surface area contributed by atoms with Crippen LogP contribution in [-0.4, -0.2) is 6.54 Å². The molecule has 1 N–H and O–H groups in total. The Labute approximate surface area is 141 Å². The molecule has 0 amide bonds. The molecule has 21 heavy (non-hydrogen) atoms. The Bertz CT molecular complexity index is 634. The van der Waals surface area contributed by atoms with Crippen LogP contribution in [0.5, 0.6) is 0 Å². The van der Waals surface area contributed by atoms with Gasteiger partial charge in [0.05, 0.1) is 0 Å². The van der Waals surface area contributed by atoms with Crippen molar-refractivity contribution in [2.24, 2.45) is 0 Å². The normalized spacial score (nSPS) is 12.4. The van der Waals surface area contributed by atoms with Gasteiger partial charge in [0.15, 0.2) is 11.6 Å². The van der Waals surface area contributed by atoms with Crippen LogP contribution in [0.4, 0.5) is 8.78 Å². The largest absolute Gasteiger partial charge is 0.310 e. The van der Waals surface area contributed by atoms with Crippen molar-refractivity contribution >= 4 is 34.2 Å². The van der Waals surface area contributed by atoms with E-state index in [-0.39, 0.29) is 6.04 Å². The van der Waals surface area contributed by atoms with E-state index < -0.39 is 11.6 Å². The van der Waals surface area contributed by atoms with Gasteiger partial charge in [-0.1, -0.05) is 30.7 Å². The molecule has 0 bridgehead atoms. The topological polar surface area (TPSA) is 12.0 Å². The van der Waals surface area contributed by atoms with Crippen LogP contribution in [0.3, 0.4) is 0 Å². The van der Waals surface area contributed by atoms with Gasteiger partial charge < -0.3 is 5.32 Å². The summed E-state index contributed by atoms with van der Waals surface area (Å²) in [5.74, 6) is -1.60. The number of hydrogen-bond donors (Lipinski definition) is 1. The summed E-state index contributed by atoms with van der Waals surface area (Å²) in [5, 5.41) is 3.94. The molecule has 1 atom stereocenters. The highest BCUT2D eigenvalue weighted by Gasteiger charge is 2.18. The smallest absolute Gasteiger partial charge is 0.162 e. The summed E-state index contributed by atoms with van der Waals surface area (Å²) in [6.45, 7) is 2.70. The van der Waals surface area contributed by atoms with Crippen LogP contribution in [0.25, 0.3) is 0 Å². The maximum absolute atomic E-state index is 13.9. The maximum Gasteiger partial charge on any atom is 0.162 e. The first-order chi connectivity index (χ1) is 10.0. The minimum Gasteiger partial charge on any atom is -0.310 e. The molecule has 0 aromatic heterocycles. The van der Waals surface area contributed by atoms with Crippen molar-refractivity contribution in [3.63, 3.8) is 0 Å². The number of likely N-dealkylation sites (N-methyl/N-ethyl adjacent to an activating group) is 1. The Balaban J connectivity index is 2.35. The zero-order valence-corrected chi connectivity index (χ0v) is 14.4. The molecule has 112 valence electrons. The number of benzene rings is 2. The Hall–Kier alpha value is -0.720. The third kappa shape index (κ3) is 4.14. The molecule has 5 heteroatoms. The van der Waals surface area contributed by atoms with Crippen molar-refractivity contribution in [2.45, 2.75) is 19.4 Å². The lowest BCUT2D eigenvalue weighted by Gasteiger charge is -2.20. The van der Waals surface area contributed by atoms with Gasteiger partial charge in [-0.3, -0.25) is 0 Å². The van der Waals surface area contributed by atoms with Gasteiger partial charge in [0.2, 0.25) is 0 Å². The molecule has 0 heterocycles. The van der Waals surface area contributed by atoms with E-state index in [9.17, 15) is 8.78 Å². The van der Waals surface area contributed by atoms with Crippen molar-refractivity contribution < 1.29 is 8.78 Å². The highest BCUT2D eigenvalue weighted by atomic mass is 127. The van der Waals surface area contributed by atoms with Gasteiger partial charge in [-0.25, -0.2) is 8.78 Å². The average molecular weight is 422 g/mol. The molecule has 2 aromatic carbocycles. The van der Waals surface area contributed by atoms with Crippen LogP contribution in [0.15, 0.2) is 36.4 Å². The first-order valence-corrected chi connectivity index (χ1v) is 8.09. The minimum absolute atomic E-state index is 0.114. The lowest BCUT2D eigenvalue weighted by molar-refractivity contribution is 0.481. The second-order valence-corrected chi connectivity index (χ2v) is 6.29. The van der Waals surface area contributed by atoms with E-state index in [1.165, 1.54) is 6.07 Å². The van der Waals surface area contributed by atoms with Crippen LogP contribution in [0.2, 0.25) is 5.02 Å². The van der Waals surface area contributed by atoms with E-state index in [0.717, 1.165) is 21.7 Å². The van der Waals surface area contributed by atoms with Crippen LogP contribution >= 0.6 is 34.2 Å². The molecule has 0 saturated carbocycles. The minimum atomic E-state index is -0.816. The molecule has 1 unspecified atom stereocenters. The summed E-state index contributed by atoms with van der Waals surface area (Å²) in [4.78, 5) is 0. The molecular weight excluding hydrogens is 407 g/mol. The number of halogens is 4. The van der Waals surface area contributed by atoms with Gasteiger partial charge >= 0.3 is 0 Å². The summed E-state index contributed by atoms with van der Waals surface area (Å²) < 4.78 is 28.3. The molecule has 0 aliphatic rings. The van der Waals surface area contributed by atoms with E-state index in [2.05, 4.69) is 27.9 Å². The molecule has 1 nitrogen and oxygen atoms in total. The highest BCUT2D eigenvalue weighted by molar-refractivity contribution is 14.1. The second kappa shape index (κ2) is 7.51. The van der Waals surface area contributed by atoms with Gasteiger partial charge in [-0.05, 0) is 70.9 Å². The Kier molecular flexibility index (Phi) is 5.96. The van der Waals surface area contributed by atoms with E-state index in [1.54, 1.807) is 6.07 Å². The van der Waals surface area contributed by atoms with Gasteiger partial charge in [0.25, 0.3) is 0 Å². The van der Waals surface area contributed by atoms with Gasteiger partial charge in [0.1, 0.15) is 0 Å². The fraction of sp³-hybridized carbons (Fsp3) is 0.250. The number of hydrogen-bond acceptors (Lipinski definition) is 1. The SMILES string of the molecule is CCNC(Cc1cccc(F)c1F)c1cc(Cl)ccc1I. The predicted octanol–water partition coefficient (Wildman–Crippen LogP) is 5.12. The van der Waals surface area contributed by atoms with Gasteiger partial charge in [-0.15, -0.1) is 0 Å². The Morgan fingerprint density at radius 2 is 2.00 bits per heavy atom. The van der Waals surface area contributed by atoms with E-state index in [1.807, 2.05) is 25.1 Å². The molecule has 2 aromatic rings.